The normalized spacial score (nSPS) is 18.5. The van der Waals surface area contributed by atoms with Crippen LogP contribution in [0.3, 0.4) is 0 Å². The Morgan fingerprint density at radius 2 is 1.66 bits per heavy atom. The largest absolute Gasteiger partial charge is 0.416 e. The number of hydrogen-bond donors (Lipinski definition) is 1. The summed E-state index contributed by atoms with van der Waals surface area (Å²) in [6.45, 7) is 3.16. The van der Waals surface area contributed by atoms with Gasteiger partial charge in [0.2, 0.25) is 5.91 Å². The summed E-state index contributed by atoms with van der Waals surface area (Å²) in [7, 11) is 0. The highest BCUT2D eigenvalue weighted by molar-refractivity contribution is 5.94. The van der Waals surface area contributed by atoms with E-state index < -0.39 is 11.7 Å². The monoisotopic (exact) mass is 411 g/mol. The van der Waals surface area contributed by atoms with Crippen LogP contribution in [0.1, 0.15) is 54.4 Å². The van der Waals surface area contributed by atoms with Crippen LogP contribution in [0.15, 0.2) is 24.3 Å². The number of benzene rings is 1. The summed E-state index contributed by atoms with van der Waals surface area (Å²) in [4.78, 5) is 29.2. The van der Waals surface area contributed by atoms with E-state index in [1.807, 2.05) is 0 Å². The van der Waals surface area contributed by atoms with Crippen LogP contribution in [0.25, 0.3) is 0 Å². The molecule has 5 nitrogen and oxygen atoms in total. The molecule has 2 amide bonds. The lowest BCUT2D eigenvalue weighted by Gasteiger charge is -2.35. The van der Waals surface area contributed by atoms with Crippen molar-refractivity contribution in [1.29, 1.82) is 0 Å². The molecule has 0 spiro atoms. The van der Waals surface area contributed by atoms with Crippen LogP contribution in [-0.4, -0.2) is 60.4 Å². The molecule has 1 aliphatic heterocycles. The molecular formula is C21H28F3N3O2. The van der Waals surface area contributed by atoms with Gasteiger partial charge in [0.15, 0.2) is 0 Å². The Kier molecular flexibility index (Phi) is 7.16. The average Bonchev–Trinajstić information content (AvgIpc) is 2.74. The summed E-state index contributed by atoms with van der Waals surface area (Å²) in [6.07, 6.45) is 0.713. The van der Waals surface area contributed by atoms with Crippen LogP contribution < -0.4 is 5.32 Å². The van der Waals surface area contributed by atoms with Crippen molar-refractivity contribution in [1.82, 2.24) is 15.1 Å². The third-order valence-corrected chi connectivity index (χ3v) is 5.77. The molecule has 0 bridgehead atoms. The van der Waals surface area contributed by atoms with Gasteiger partial charge in [-0.2, -0.15) is 13.2 Å². The molecule has 1 aromatic rings. The third-order valence-electron chi connectivity index (χ3n) is 5.77. The standard InChI is InChI=1S/C21H28F3N3O2/c22-21(23,24)17-8-6-16(7-9-17)20(29)27(18-4-2-1-3-5-18)13-10-19(28)26-14-11-25-12-15-26/h6-9,18,25H,1-5,10-15H2. The Balaban J connectivity index is 1.70. The Labute approximate surface area is 169 Å². The van der Waals surface area contributed by atoms with Gasteiger partial charge < -0.3 is 15.1 Å². The quantitative estimate of drug-likeness (QED) is 0.809. The Hall–Kier alpha value is -2.09. The van der Waals surface area contributed by atoms with Crippen LogP contribution >= 0.6 is 0 Å². The Morgan fingerprint density at radius 3 is 2.24 bits per heavy atom. The number of piperazine rings is 1. The van der Waals surface area contributed by atoms with Gasteiger partial charge >= 0.3 is 6.18 Å². The van der Waals surface area contributed by atoms with Crippen molar-refractivity contribution in [2.45, 2.75) is 50.7 Å². The first-order valence-electron chi connectivity index (χ1n) is 10.3. The zero-order chi connectivity index (χ0) is 20.9. The number of hydrogen-bond acceptors (Lipinski definition) is 3. The number of halogens is 3. The molecule has 0 atom stereocenters. The fourth-order valence-electron chi connectivity index (χ4n) is 4.10. The number of carbonyl (C=O) groups is 2. The van der Waals surface area contributed by atoms with Crippen molar-refractivity contribution in [3.05, 3.63) is 35.4 Å². The number of carbonyl (C=O) groups excluding carboxylic acids is 2. The summed E-state index contributed by atoms with van der Waals surface area (Å²) in [5.74, 6) is -0.272. The van der Waals surface area contributed by atoms with Gasteiger partial charge in [0.1, 0.15) is 0 Å². The molecule has 1 saturated carbocycles. The third kappa shape index (κ3) is 5.72. The molecule has 0 unspecified atom stereocenters. The molecule has 1 aromatic carbocycles. The first-order chi connectivity index (χ1) is 13.9. The van der Waals surface area contributed by atoms with E-state index in [0.29, 0.717) is 19.6 Å². The maximum Gasteiger partial charge on any atom is 0.416 e. The van der Waals surface area contributed by atoms with Crippen LogP contribution in [0, 0.1) is 0 Å². The van der Waals surface area contributed by atoms with Crippen molar-refractivity contribution in [3.63, 3.8) is 0 Å². The summed E-state index contributed by atoms with van der Waals surface area (Å²) >= 11 is 0. The molecular weight excluding hydrogens is 383 g/mol. The first kappa shape index (κ1) is 21.6. The Morgan fingerprint density at radius 1 is 1.03 bits per heavy atom. The van der Waals surface area contributed by atoms with Gasteiger partial charge in [-0.25, -0.2) is 0 Å². The molecule has 29 heavy (non-hydrogen) atoms. The highest BCUT2D eigenvalue weighted by Crippen LogP contribution is 2.30. The number of rotatable bonds is 5. The lowest BCUT2D eigenvalue weighted by atomic mass is 9.93. The van der Waals surface area contributed by atoms with Crippen molar-refractivity contribution >= 4 is 11.8 Å². The zero-order valence-corrected chi connectivity index (χ0v) is 16.5. The summed E-state index contributed by atoms with van der Waals surface area (Å²) in [5.41, 5.74) is -0.537. The van der Waals surface area contributed by atoms with Crippen molar-refractivity contribution in [2.24, 2.45) is 0 Å². The van der Waals surface area contributed by atoms with E-state index in [2.05, 4.69) is 5.32 Å². The smallest absolute Gasteiger partial charge is 0.340 e. The van der Waals surface area contributed by atoms with Crippen molar-refractivity contribution < 1.29 is 22.8 Å². The molecule has 1 saturated heterocycles. The van der Waals surface area contributed by atoms with Gasteiger partial charge in [-0.3, -0.25) is 9.59 Å². The van der Waals surface area contributed by atoms with Gasteiger partial charge in [0.05, 0.1) is 5.56 Å². The molecule has 2 fully saturated rings. The van der Waals surface area contributed by atoms with E-state index in [0.717, 1.165) is 57.3 Å². The Bertz CT molecular complexity index is 694. The van der Waals surface area contributed by atoms with E-state index in [9.17, 15) is 22.8 Å². The van der Waals surface area contributed by atoms with Crippen LogP contribution in [0.2, 0.25) is 0 Å². The molecule has 2 aliphatic rings. The van der Waals surface area contributed by atoms with Crippen LogP contribution in [-0.2, 0) is 11.0 Å². The van der Waals surface area contributed by atoms with E-state index in [1.54, 1.807) is 9.80 Å². The minimum atomic E-state index is -4.43. The number of amides is 2. The summed E-state index contributed by atoms with van der Waals surface area (Å²) < 4.78 is 38.4. The van der Waals surface area contributed by atoms with Crippen molar-refractivity contribution in [2.75, 3.05) is 32.7 Å². The molecule has 1 aliphatic carbocycles. The van der Waals surface area contributed by atoms with Gasteiger partial charge in [-0.15, -0.1) is 0 Å². The second kappa shape index (κ2) is 9.61. The maximum absolute atomic E-state index is 13.1. The lowest BCUT2D eigenvalue weighted by molar-refractivity contribution is -0.137. The topological polar surface area (TPSA) is 52.7 Å². The molecule has 3 rings (SSSR count). The number of alkyl halides is 3. The van der Waals surface area contributed by atoms with E-state index in [1.165, 1.54) is 12.1 Å². The molecule has 1 N–H and O–H groups in total. The van der Waals surface area contributed by atoms with E-state index in [-0.39, 0.29) is 29.8 Å². The average molecular weight is 411 g/mol. The van der Waals surface area contributed by atoms with Gasteiger partial charge in [0, 0.05) is 50.7 Å². The summed E-state index contributed by atoms with van der Waals surface area (Å²) in [6, 6.07) is 4.39. The van der Waals surface area contributed by atoms with Crippen LogP contribution in [0.5, 0.6) is 0 Å². The number of nitrogens with one attached hydrogen (secondary N) is 1. The number of nitrogens with zero attached hydrogens (tertiary/aromatic N) is 2. The SMILES string of the molecule is O=C(CCN(C(=O)c1ccc(C(F)(F)F)cc1)C1CCCCC1)N1CCNCC1. The fraction of sp³-hybridized carbons (Fsp3) is 0.619. The van der Waals surface area contributed by atoms with Gasteiger partial charge in [0.25, 0.3) is 5.91 Å². The van der Waals surface area contributed by atoms with Gasteiger partial charge in [-0.1, -0.05) is 19.3 Å². The fourth-order valence-corrected chi connectivity index (χ4v) is 4.10. The molecule has 160 valence electrons. The molecule has 1 heterocycles. The van der Waals surface area contributed by atoms with Gasteiger partial charge in [-0.05, 0) is 37.1 Å². The molecule has 0 radical (unpaired) electrons. The van der Waals surface area contributed by atoms with E-state index in [4.69, 9.17) is 0 Å². The highest BCUT2D eigenvalue weighted by atomic mass is 19.4. The predicted molar refractivity (Wildman–Crippen MR) is 103 cm³/mol. The highest BCUT2D eigenvalue weighted by Gasteiger charge is 2.31. The lowest BCUT2D eigenvalue weighted by Crippen LogP contribution is -2.48. The van der Waals surface area contributed by atoms with E-state index >= 15 is 0 Å². The zero-order valence-electron chi connectivity index (χ0n) is 16.5. The summed E-state index contributed by atoms with van der Waals surface area (Å²) in [5, 5.41) is 3.20. The maximum atomic E-state index is 13.1. The van der Waals surface area contributed by atoms with Crippen LogP contribution in [0.4, 0.5) is 13.2 Å². The minimum absolute atomic E-state index is 0.0209. The molecule has 0 aromatic heterocycles. The van der Waals surface area contributed by atoms with Crippen molar-refractivity contribution in [3.8, 4) is 0 Å². The second-order valence-electron chi connectivity index (χ2n) is 7.75. The minimum Gasteiger partial charge on any atom is -0.340 e. The predicted octanol–water partition coefficient (Wildman–Crippen LogP) is 3.30. The second-order valence-corrected chi connectivity index (χ2v) is 7.75. The molecule has 8 heteroatoms. The first-order valence-corrected chi connectivity index (χ1v) is 10.3.